The molecule has 0 radical (unpaired) electrons. The minimum absolute atomic E-state index is 0.181. The van der Waals surface area contributed by atoms with Gasteiger partial charge in [-0.15, -0.1) is 0 Å². The van der Waals surface area contributed by atoms with Crippen LogP contribution in [0.25, 0.3) is 0 Å². The first-order chi connectivity index (χ1) is 7.66. The van der Waals surface area contributed by atoms with E-state index in [9.17, 15) is 4.79 Å². The molecule has 1 aliphatic rings. The van der Waals surface area contributed by atoms with E-state index in [1.807, 2.05) is 31.2 Å². The van der Waals surface area contributed by atoms with Crippen molar-refractivity contribution in [1.82, 2.24) is 5.32 Å². The Labute approximate surface area is 105 Å². The Morgan fingerprint density at radius 2 is 2.31 bits per heavy atom. The molecular formula is C13H16BrNO. The highest BCUT2D eigenvalue weighted by Gasteiger charge is 2.28. The average Bonchev–Trinajstić information content (AvgIpc) is 2.14. The molecule has 0 bridgehead atoms. The normalized spacial score (nSPS) is 17.9. The van der Waals surface area contributed by atoms with Crippen LogP contribution >= 0.6 is 15.9 Å². The largest absolute Gasteiger partial charge is 0.316 e. The number of carbonyl (C=O) groups excluding carboxylic acids is 1. The highest BCUT2D eigenvalue weighted by atomic mass is 79.9. The molecule has 2 nitrogen and oxygen atoms in total. The standard InChI is InChI=1S/C13H16BrNO/c1-9(11-7-15-8-11)13(16)6-10-3-2-4-12(14)5-10/h2-5,9,11,15H,6-8H2,1H3. The van der Waals surface area contributed by atoms with Gasteiger partial charge in [-0.1, -0.05) is 35.0 Å². The molecule has 0 aliphatic carbocycles. The molecule has 1 saturated heterocycles. The molecule has 1 unspecified atom stereocenters. The summed E-state index contributed by atoms with van der Waals surface area (Å²) in [5, 5.41) is 3.21. The van der Waals surface area contributed by atoms with Crippen molar-refractivity contribution in [2.24, 2.45) is 11.8 Å². The van der Waals surface area contributed by atoms with Crippen LogP contribution < -0.4 is 5.32 Å². The molecule has 0 amide bonds. The second kappa shape index (κ2) is 5.11. The van der Waals surface area contributed by atoms with Crippen LogP contribution in [0.15, 0.2) is 28.7 Å². The van der Waals surface area contributed by atoms with Gasteiger partial charge in [0.25, 0.3) is 0 Å². The second-order valence-corrected chi connectivity index (χ2v) is 5.40. The topological polar surface area (TPSA) is 29.1 Å². The van der Waals surface area contributed by atoms with Crippen LogP contribution in [0.3, 0.4) is 0 Å². The Bertz CT molecular complexity index is 387. The second-order valence-electron chi connectivity index (χ2n) is 4.48. The number of benzene rings is 1. The van der Waals surface area contributed by atoms with Crippen molar-refractivity contribution in [3.8, 4) is 0 Å². The van der Waals surface area contributed by atoms with E-state index in [0.29, 0.717) is 18.1 Å². The third-order valence-corrected chi connectivity index (χ3v) is 3.79. The molecule has 1 aliphatic heterocycles. The molecule has 0 saturated carbocycles. The summed E-state index contributed by atoms with van der Waals surface area (Å²) in [4.78, 5) is 12.0. The van der Waals surface area contributed by atoms with Crippen LogP contribution in [0.1, 0.15) is 12.5 Å². The summed E-state index contributed by atoms with van der Waals surface area (Å²) < 4.78 is 1.04. The number of ketones is 1. The van der Waals surface area contributed by atoms with Gasteiger partial charge in [-0.05, 0) is 36.7 Å². The number of carbonyl (C=O) groups is 1. The van der Waals surface area contributed by atoms with Gasteiger partial charge in [-0.25, -0.2) is 0 Å². The molecule has 1 heterocycles. The fourth-order valence-electron chi connectivity index (χ4n) is 1.94. The number of halogens is 1. The summed E-state index contributed by atoms with van der Waals surface area (Å²) >= 11 is 3.42. The average molecular weight is 282 g/mol. The van der Waals surface area contributed by atoms with Crippen LogP contribution in [0.2, 0.25) is 0 Å². The zero-order valence-electron chi connectivity index (χ0n) is 9.37. The van der Waals surface area contributed by atoms with E-state index in [0.717, 1.165) is 23.1 Å². The van der Waals surface area contributed by atoms with Crippen molar-refractivity contribution >= 4 is 21.7 Å². The molecule has 1 fully saturated rings. The van der Waals surface area contributed by atoms with Gasteiger partial charge in [-0.3, -0.25) is 4.79 Å². The molecule has 0 aromatic heterocycles. The Kier molecular flexibility index (Phi) is 3.77. The summed E-state index contributed by atoms with van der Waals surface area (Å²) in [6, 6.07) is 7.98. The first-order valence-corrected chi connectivity index (χ1v) is 6.44. The highest BCUT2D eigenvalue weighted by Crippen LogP contribution is 2.19. The van der Waals surface area contributed by atoms with Gasteiger partial charge < -0.3 is 5.32 Å². The SMILES string of the molecule is CC(C(=O)Cc1cccc(Br)c1)C1CNC1. The molecule has 1 aromatic carbocycles. The predicted octanol–water partition coefficient (Wildman–Crippen LogP) is 2.42. The molecule has 86 valence electrons. The smallest absolute Gasteiger partial charge is 0.140 e. The van der Waals surface area contributed by atoms with Crippen LogP contribution in [-0.2, 0) is 11.2 Å². The number of hydrogen-bond donors (Lipinski definition) is 1. The maximum absolute atomic E-state index is 12.0. The summed E-state index contributed by atoms with van der Waals surface area (Å²) in [6.07, 6.45) is 0.553. The number of nitrogens with one attached hydrogen (secondary N) is 1. The van der Waals surface area contributed by atoms with Crippen molar-refractivity contribution in [2.45, 2.75) is 13.3 Å². The van der Waals surface area contributed by atoms with E-state index in [4.69, 9.17) is 0 Å². The summed E-state index contributed by atoms with van der Waals surface area (Å²) in [5.74, 6) is 1.07. The quantitative estimate of drug-likeness (QED) is 0.919. The lowest BCUT2D eigenvalue weighted by Gasteiger charge is -2.31. The summed E-state index contributed by atoms with van der Waals surface area (Å²) in [7, 11) is 0. The number of hydrogen-bond acceptors (Lipinski definition) is 2. The Hall–Kier alpha value is -0.670. The minimum Gasteiger partial charge on any atom is -0.316 e. The summed E-state index contributed by atoms with van der Waals surface area (Å²) in [5.41, 5.74) is 1.10. The maximum atomic E-state index is 12.0. The van der Waals surface area contributed by atoms with Crippen LogP contribution in [0, 0.1) is 11.8 Å². The molecule has 1 aromatic rings. The van der Waals surface area contributed by atoms with Crippen molar-refractivity contribution < 1.29 is 4.79 Å². The lowest BCUT2D eigenvalue weighted by atomic mass is 9.84. The highest BCUT2D eigenvalue weighted by molar-refractivity contribution is 9.10. The van der Waals surface area contributed by atoms with Crippen LogP contribution in [0.4, 0.5) is 0 Å². The molecule has 16 heavy (non-hydrogen) atoms. The first kappa shape index (κ1) is 11.8. The molecular weight excluding hydrogens is 266 g/mol. The van der Waals surface area contributed by atoms with Gasteiger partial charge in [0.05, 0.1) is 0 Å². The van der Waals surface area contributed by atoms with Gasteiger partial charge in [0.2, 0.25) is 0 Å². The zero-order chi connectivity index (χ0) is 11.5. The van der Waals surface area contributed by atoms with Gasteiger partial charge in [0, 0.05) is 16.8 Å². The molecule has 1 atom stereocenters. The van der Waals surface area contributed by atoms with Gasteiger partial charge in [0.1, 0.15) is 5.78 Å². The summed E-state index contributed by atoms with van der Waals surface area (Å²) in [6.45, 7) is 4.03. The van der Waals surface area contributed by atoms with E-state index >= 15 is 0 Å². The molecule has 3 heteroatoms. The zero-order valence-corrected chi connectivity index (χ0v) is 11.0. The molecule has 0 spiro atoms. The van der Waals surface area contributed by atoms with E-state index in [1.165, 1.54) is 0 Å². The lowest BCUT2D eigenvalue weighted by Crippen LogP contribution is -2.47. The molecule has 2 rings (SSSR count). The van der Waals surface area contributed by atoms with E-state index in [-0.39, 0.29) is 5.92 Å². The maximum Gasteiger partial charge on any atom is 0.140 e. The Balaban J connectivity index is 1.96. The third-order valence-electron chi connectivity index (χ3n) is 3.30. The van der Waals surface area contributed by atoms with Gasteiger partial charge in [0.15, 0.2) is 0 Å². The van der Waals surface area contributed by atoms with E-state index in [1.54, 1.807) is 0 Å². The van der Waals surface area contributed by atoms with Crippen molar-refractivity contribution in [1.29, 1.82) is 0 Å². The van der Waals surface area contributed by atoms with E-state index < -0.39 is 0 Å². The lowest BCUT2D eigenvalue weighted by molar-refractivity contribution is -0.123. The fourth-order valence-corrected chi connectivity index (χ4v) is 2.38. The van der Waals surface area contributed by atoms with Crippen molar-refractivity contribution in [3.63, 3.8) is 0 Å². The van der Waals surface area contributed by atoms with Crippen LogP contribution in [-0.4, -0.2) is 18.9 Å². The fraction of sp³-hybridized carbons (Fsp3) is 0.462. The van der Waals surface area contributed by atoms with Crippen molar-refractivity contribution in [2.75, 3.05) is 13.1 Å². The number of rotatable bonds is 4. The predicted molar refractivity (Wildman–Crippen MR) is 68.4 cm³/mol. The Morgan fingerprint density at radius 3 is 2.88 bits per heavy atom. The Morgan fingerprint density at radius 1 is 1.56 bits per heavy atom. The van der Waals surface area contributed by atoms with E-state index in [2.05, 4.69) is 21.2 Å². The van der Waals surface area contributed by atoms with Crippen molar-refractivity contribution in [3.05, 3.63) is 34.3 Å². The van der Waals surface area contributed by atoms with Crippen LogP contribution in [0.5, 0.6) is 0 Å². The number of Topliss-reactive ketones (excluding diaryl/α,β-unsaturated/α-hetero) is 1. The third kappa shape index (κ3) is 2.71. The van der Waals surface area contributed by atoms with Gasteiger partial charge >= 0.3 is 0 Å². The molecule has 1 N–H and O–H groups in total. The monoisotopic (exact) mass is 281 g/mol. The first-order valence-electron chi connectivity index (χ1n) is 5.64. The van der Waals surface area contributed by atoms with Gasteiger partial charge in [-0.2, -0.15) is 0 Å². The minimum atomic E-state index is 0.181.